The molecule has 0 amide bonds. The van der Waals surface area contributed by atoms with Gasteiger partial charge in [0.15, 0.2) is 17.3 Å². The molecule has 0 atom stereocenters. The molecule has 0 bridgehead atoms. The quantitative estimate of drug-likeness (QED) is 0.507. The highest BCUT2D eigenvalue weighted by atomic mass is 19.4. The van der Waals surface area contributed by atoms with E-state index in [2.05, 4.69) is 4.90 Å². The molecule has 1 aliphatic heterocycles. The van der Waals surface area contributed by atoms with Crippen molar-refractivity contribution < 1.29 is 32.2 Å². The number of halogens is 3. The molecule has 0 spiro atoms. The highest BCUT2D eigenvalue weighted by Crippen LogP contribution is 2.38. The van der Waals surface area contributed by atoms with E-state index in [9.17, 15) is 18.0 Å². The maximum Gasteiger partial charge on any atom is 0.416 e. The van der Waals surface area contributed by atoms with Gasteiger partial charge in [-0.25, -0.2) is 0 Å². The molecule has 33 heavy (non-hydrogen) atoms. The third-order valence-electron chi connectivity index (χ3n) is 5.78. The number of nitrogens with zero attached hydrogens (tertiary/aromatic N) is 2. The minimum absolute atomic E-state index is 0.0168. The second kappa shape index (κ2) is 10.8. The summed E-state index contributed by atoms with van der Waals surface area (Å²) in [5.41, 5.74) is 0.452. The second-order valence-corrected chi connectivity index (χ2v) is 7.82. The van der Waals surface area contributed by atoms with Crippen LogP contribution in [0.15, 0.2) is 36.4 Å². The fourth-order valence-corrected chi connectivity index (χ4v) is 3.96. The first-order chi connectivity index (χ1) is 15.8. The van der Waals surface area contributed by atoms with Crippen LogP contribution in [0.2, 0.25) is 0 Å². The Balaban J connectivity index is 1.50. The van der Waals surface area contributed by atoms with Crippen molar-refractivity contribution in [2.24, 2.45) is 0 Å². The lowest BCUT2D eigenvalue weighted by atomic mass is 10.0. The summed E-state index contributed by atoms with van der Waals surface area (Å²) in [6, 6.07) is 8.74. The maximum absolute atomic E-state index is 13.0. The van der Waals surface area contributed by atoms with E-state index in [1.54, 1.807) is 18.2 Å². The van der Waals surface area contributed by atoms with Gasteiger partial charge in [-0.05, 0) is 43.3 Å². The van der Waals surface area contributed by atoms with E-state index in [1.807, 2.05) is 4.90 Å². The minimum Gasteiger partial charge on any atom is -0.493 e. The molecule has 6 nitrogen and oxygen atoms in total. The SMILES string of the molecule is COc1cc(C(=O)CCCN2CCN(c3cccc(C(F)(F)F)c3)CC2)cc(OC)c1OC. The Morgan fingerprint density at radius 1 is 0.939 bits per heavy atom. The number of ether oxygens (including phenoxy) is 3. The van der Waals surface area contributed by atoms with Gasteiger partial charge in [-0.3, -0.25) is 9.69 Å². The van der Waals surface area contributed by atoms with Crippen molar-refractivity contribution in [3.8, 4) is 17.2 Å². The van der Waals surface area contributed by atoms with Crippen LogP contribution >= 0.6 is 0 Å². The molecule has 2 aromatic rings. The van der Waals surface area contributed by atoms with E-state index in [0.29, 0.717) is 54.4 Å². The van der Waals surface area contributed by atoms with E-state index in [4.69, 9.17) is 14.2 Å². The Morgan fingerprint density at radius 3 is 2.12 bits per heavy atom. The van der Waals surface area contributed by atoms with Crippen molar-refractivity contribution in [1.82, 2.24) is 4.90 Å². The predicted molar refractivity (Wildman–Crippen MR) is 120 cm³/mol. The summed E-state index contributed by atoms with van der Waals surface area (Å²) in [5, 5.41) is 0. The number of hydrogen-bond acceptors (Lipinski definition) is 6. The van der Waals surface area contributed by atoms with Gasteiger partial charge < -0.3 is 19.1 Å². The van der Waals surface area contributed by atoms with Crippen LogP contribution < -0.4 is 19.1 Å². The zero-order valence-corrected chi connectivity index (χ0v) is 19.1. The highest BCUT2D eigenvalue weighted by Gasteiger charge is 2.31. The van der Waals surface area contributed by atoms with Crippen molar-refractivity contribution in [3.05, 3.63) is 47.5 Å². The lowest BCUT2D eigenvalue weighted by molar-refractivity contribution is -0.137. The molecule has 0 saturated carbocycles. The first kappa shape index (κ1) is 24.7. The molecule has 1 fully saturated rings. The third-order valence-corrected chi connectivity index (χ3v) is 5.78. The molecular formula is C24H29F3N2O4. The molecular weight excluding hydrogens is 437 g/mol. The Labute approximate surface area is 191 Å². The Kier molecular flexibility index (Phi) is 8.07. The smallest absolute Gasteiger partial charge is 0.416 e. The van der Waals surface area contributed by atoms with Crippen LogP contribution in [-0.4, -0.2) is 64.7 Å². The number of hydrogen-bond donors (Lipinski definition) is 0. The summed E-state index contributed by atoms with van der Waals surface area (Å²) in [6.45, 7) is 3.49. The molecule has 9 heteroatoms. The van der Waals surface area contributed by atoms with E-state index >= 15 is 0 Å². The summed E-state index contributed by atoms with van der Waals surface area (Å²) in [4.78, 5) is 16.9. The fraction of sp³-hybridized carbons (Fsp3) is 0.458. The molecule has 0 aromatic heterocycles. The number of methoxy groups -OCH3 is 3. The van der Waals surface area contributed by atoms with E-state index in [-0.39, 0.29) is 5.78 Å². The van der Waals surface area contributed by atoms with E-state index < -0.39 is 11.7 Å². The molecule has 2 aromatic carbocycles. The van der Waals surface area contributed by atoms with Gasteiger partial charge in [0.25, 0.3) is 0 Å². The number of ketones is 1. The van der Waals surface area contributed by atoms with Gasteiger partial charge in [-0.15, -0.1) is 0 Å². The lowest BCUT2D eigenvalue weighted by Gasteiger charge is -2.36. The Bertz CT molecular complexity index is 932. The van der Waals surface area contributed by atoms with Gasteiger partial charge in [0, 0.05) is 43.9 Å². The molecule has 1 saturated heterocycles. The van der Waals surface area contributed by atoms with Crippen LogP contribution in [0.4, 0.5) is 18.9 Å². The van der Waals surface area contributed by atoms with Crippen molar-refractivity contribution in [2.75, 3.05) is 59.0 Å². The van der Waals surface area contributed by atoms with E-state index in [1.165, 1.54) is 33.5 Å². The predicted octanol–water partition coefficient (Wildman–Crippen LogP) is 4.52. The summed E-state index contributed by atoms with van der Waals surface area (Å²) in [5.74, 6) is 1.30. The van der Waals surface area contributed by atoms with Gasteiger partial charge in [-0.2, -0.15) is 13.2 Å². The summed E-state index contributed by atoms with van der Waals surface area (Å²) >= 11 is 0. The van der Waals surface area contributed by atoms with Crippen molar-refractivity contribution in [2.45, 2.75) is 19.0 Å². The van der Waals surface area contributed by atoms with Crippen LogP contribution in [0.1, 0.15) is 28.8 Å². The molecule has 0 aliphatic carbocycles. The average molecular weight is 467 g/mol. The summed E-state index contributed by atoms with van der Waals surface area (Å²) < 4.78 is 54.8. The highest BCUT2D eigenvalue weighted by molar-refractivity contribution is 5.97. The number of anilines is 1. The number of piperazine rings is 1. The van der Waals surface area contributed by atoms with Crippen LogP contribution in [0, 0.1) is 0 Å². The lowest BCUT2D eigenvalue weighted by Crippen LogP contribution is -2.46. The van der Waals surface area contributed by atoms with Crippen LogP contribution in [-0.2, 0) is 6.18 Å². The van der Waals surface area contributed by atoms with Crippen LogP contribution in [0.25, 0.3) is 0 Å². The van der Waals surface area contributed by atoms with Crippen LogP contribution in [0.5, 0.6) is 17.2 Å². The minimum atomic E-state index is -4.34. The molecule has 180 valence electrons. The molecule has 0 unspecified atom stereocenters. The van der Waals surface area contributed by atoms with Gasteiger partial charge in [-0.1, -0.05) is 6.07 Å². The largest absolute Gasteiger partial charge is 0.493 e. The standard InChI is InChI=1S/C24H29F3N2O4/c1-31-21-14-17(15-22(32-2)23(21)33-3)20(30)8-5-9-28-10-12-29(13-11-28)19-7-4-6-18(16-19)24(25,26)27/h4,6-7,14-16H,5,8-13H2,1-3H3. The zero-order valence-electron chi connectivity index (χ0n) is 19.1. The number of rotatable bonds is 9. The zero-order chi connectivity index (χ0) is 24.0. The molecule has 3 rings (SSSR count). The second-order valence-electron chi connectivity index (χ2n) is 7.82. The van der Waals surface area contributed by atoms with Gasteiger partial charge in [0.1, 0.15) is 0 Å². The Hall–Kier alpha value is -2.94. The normalized spacial score (nSPS) is 14.8. The summed E-state index contributed by atoms with van der Waals surface area (Å²) in [6.07, 6.45) is -3.30. The molecule has 0 radical (unpaired) electrons. The van der Waals surface area contributed by atoms with Crippen molar-refractivity contribution in [3.63, 3.8) is 0 Å². The topological polar surface area (TPSA) is 51.2 Å². The number of benzene rings is 2. The van der Waals surface area contributed by atoms with Gasteiger partial charge in [0.05, 0.1) is 26.9 Å². The number of carbonyl (C=O) groups is 1. The number of Topliss-reactive ketones (excluding diaryl/α,β-unsaturated/α-hetero) is 1. The Morgan fingerprint density at radius 2 is 1.58 bits per heavy atom. The molecule has 1 aliphatic rings. The fourth-order valence-electron chi connectivity index (χ4n) is 3.96. The monoisotopic (exact) mass is 466 g/mol. The maximum atomic E-state index is 13.0. The van der Waals surface area contributed by atoms with Crippen molar-refractivity contribution in [1.29, 1.82) is 0 Å². The van der Waals surface area contributed by atoms with Gasteiger partial charge >= 0.3 is 6.18 Å². The van der Waals surface area contributed by atoms with Crippen molar-refractivity contribution >= 4 is 11.5 Å². The van der Waals surface area contributed by atoms with Crippen LogP contribution in [0.3, 0.4) is 0 Å². The first-order valence-corrected chi connectivity index (χ1v) is 10.7. The number of carbonyl (C=O) groups excluding carboxylic acids is 1. The summed E-state index contributed by atoms with van der Waals surface area (Å²) in [7, 11) is 4.52. The average Bonchev–Trinajstić information content (AvgIpc) is 2.82. The first-order valence-electron chi connectivity index (χ1n) is 10.7. The molecule has 1 heterocycles. The molecule has 0 N–H and O–H groups in total. The van der Waals surface area contributed by atoms with E-state index in [0.717, 1.165) is 25.7 Å². The third kappa shape index (κ3) is 6.10. The number of alkyl halides is 3. The van der Waals surface area contributed by atoms with Gasteiger partial charge in [0.2, 0.25) is 5.75 Å².